The van der Waals surface area contributed by atoms with Gasteiger partial charge in [-0.2, -0.15) is 0 Å². The average molecular weight is 248 g/mol. The number of nitrogens with zero attached hydrogens (tertiary/aromatic N) is 3. The van der Waals surface area contributed by atoms with Gasteiger partial charge in [-0.05, 0) is 19.1 Å². The van der Waals surface area contributed by atoms with Gasteiger partial charge in [0.05, 0.1) is 18.8 Å². The molecular formula is C12H16N4O2. The summed E-state index contributed by atoms with van der Waals surface area (Å²) < 4.78 is 0. The van der Waals surface area contributed by atoms with Crippen LogP contribution in [0, 0.1) is 0 Å². The van der Waals surface area contributed by atoms with Gasteiger partial charge in [0.1, 0.15) is 6.54 Å². The number of piperazine rings is 1. The average Bonchev–Trinajstić information content (AvgIpc) is 2.33. The number of carbonyl (C=O) groups excluding carboxylic acids is 2. The lowest BCUT2D eigenvalue weighted by Crippen LogP contribution is -2.53. The van der Waals surface area contributed by atoms with Gasteiger partial charge in [-0.1, -0.05) is 0 Å². The topological polar surface area (TPSA) is 79.5 Å². The number of carbonyl (C=O) groups is 2. The third-order valence-corrected chi connectivity index (χ3v) is 2.93. The van der Waals surface area contributed by atoms with Gasteiger partial charge in [-0.25, -0.2) is 0 Å². The summed E-state index contributed by atoms with van der Waals surface area (Å²) >= 11 is 0. The Labute approximate surface area is 105 Å². The number of rotatable bonds is 3. The summed E-state index contributed by atoms with van der Waals surface area (Å²) in [5.41, 5.74) is 6.95. The highest BCUT2D eigenvalue weighted by Crippen LogP contribution is 2.10. The van der Waals surface area contributed by atoms with E-state index in [0.29, 0.717) is 24.5 Å². The molecule has 0 unspecified atom stereocenters. The fraction of sp³-hybridized carbons (Fsp3) is 0.417. The first-order chi connectivity index (χ1) is 8.60. The standard InChI is InChI=1S/C12H16N4O2/c1-2-15-7-12(18)16(8-11(15)17)6-10-5-9(13)3-4-14-10/h3-5H,2,6-8H2,1H3,(H2,13,14). The van der Waals surface area contributed by atoms with Gasteiger partial charge in [-0.3, -0.25) is 14.6 Å². The van der Waals surface area contributed by atoms with Gasteiger partial charge in [0.2, 0.25) is 11.8 Å². The summed E-state index contributed by atoms with van der Waals surface area (Å²) in [6, 6.07) is 3.40. The summed E-state index contributed by atoms with van der Waals surface area (Å²) in [6.45, 7) is 3.02. The maximum Gasteiger partial charge on any atom is 0.243 e. The Morgan fingerprint density at radius 1 is 1.28 bits per heavy atom. The normalized spacial score (nSPS) is 16.3. The summed E-state index contributed by atoms with van der Waals surface area (Å²) in [5.74, 6) is -0.0818. The molecule has 18 heavy (non-hydrogen) atoms. The number of pyridine rings is 1. The van der Waals surface area contributed by atoms with Crippen LogP contribution < -0.4 is 5.73 Å². The molecule has 0 aromatic carbocycles. The lowest BCUT2D eigenvalue weighted by Gasteiger charge is -2.33. The monoisotopic (exact) mass is 248 g/mol. The molecule has 2 heterocycles. The maximum atomic E-state index is 11.9. The molecule has 0 radical (unpaired) electrons. The highest BCUT2D eigenvalue weighted by atomic mass is 16.2. The Kier molecular flexibility index (Phi) is 3.45. The molecule has 6 nitrogen and oxygen atoms in total. The zero-order valence-electron chi connectivity index (χ0n) is 10.3. The van der Waals surface area contributed by atoms with Crippen molar-refractivity contribution in [3.63, 3.8) is 0 Å². The molecule has 1 aromatic rings. The predicted octanol–water partition coefficient (Wildman–Crippen LogP) is -0.146. The van der Waals surface area contributed by atoms with Gasteiger partial charge in [0.15, 0.2) is 0 Å². The molecular weight excluding hydrogens is 232 g/mol. The van der Waals surface area contributed by atoms with Crippen molar-refractivity contribution in [2.75, 3.05) is 25.4 Å². The van der Waals surface area contributed by atoms with E-state index in [1.807, 2.05) is 6.92 Å². The Hall–Kier alpha value is -2.11. The number of nitrogen functional groups attached to an aromatic ring is 1. The van der Waals surface area contributed by atoms with Crippen LogP contribution in [0.3, 0.4) is 0 Å². The van der Waals surface area contributed by atoms with Crippen LogP contribution in [-0.4, -0.2) is 46.2 Å². The lowest BCUT2D eigenvalue weighted by molar-refractivity contribution is -0.150. The molecule has 1 aliphatic heterocycles. The molecule has 2 rings (SSSR count). The lowest BCUT2D eigenvalue weighted by atomic mass is 10.2. The van der Waals surface area contributed by atoms with Crippen molar-refractivity contribution < 1.29 is 9.59 Å². The van der Waals surface area contributed by atoms with E-state index in [1.54, 1.807) is 23.2 Å². The highest BCUT2D eigenvalue weighted by Gasteiger charge is 2.28. The van der Waals surface area contributed by atoms with Crippen LogP contribution in [0.2, 0.25) is 0 Å². The molecule has 2 amide bonds. The smallest absolute Gasteiger partial charge is 0.243 e. The Bertz CT molecular complexity index is 475. The fourth-order valence-corrected chi connectivity index (χ4v) is 1.91. The third-order valence-electron chi connectivity index (χ3n) is 2.93. The number of hydrogen-bond acceptors (Lipinski definition) is 4. The number of likely N-dealkylation sites (N-methyl/N-ethyl adjacent to an activating group) is 1. The largest absolute Gasteiger partial charge is 0.399 e. The van der Waals surface area contributed by atoms with Crippen LogP contribution in [-0.2, 0) is 16.1 Å². The Morgan fingerprint density at radius 3 is 2.61 bits per heavy atom. The Balaban J connectivity index is 2.06. The molecule has 1 saturated heterocycles. The number of amides is 2. The van der Waals surface area contributed by atoms with E-state index >= 15 is 0 Å². The van der Waals surface area contributed by atoms with Crippen molar-refractivity contribution in [1.29, 1.82) is 0 Å². The first-order valence-corrected chi connectivity index (χ1v) is 5.86. The molecule has 1 aromatic heterocycles. The zero-order chi connectivity index (χ0) is 13.1. The molecule has 0 spiro atoms. The first kappa shape index (κ1) is 12.3. The summed E-state index contributed by atoms with van der Waals surface area (Å²) in [5, 5.41) is 0. The van der Waals surface area contributed by atoms with E-state index in [9.17, 15) is 9.59 Å². The minimum Gasteiger partial charge on any atom is -0.399 e. The van der Waals surface area contributed by atoms with Gasteiger partial charge in [-0.15, -0.1) is 0 Å². The molecule has 0 saturated carbocycles. The van der Waals surface area contributed by atoms with E-state index in [2.05, 4.69) is 4.98 Å². The molecule has 0 aliphatic carbocycles. The van der Waals surface area contributed by atoms with Crippen LogP contribution in [0.15, 0.2) is 18.3 Å². The molecule has 0 bridgehead atoms. The van der Waals surface area contributed by atoms with Crippen LogP contribution >= 0.6 is 0 Å². The van der Waals surface area contributed by atoms with Crippen molar-refractivity contribution in [2.45, 2.75) is 13.5 Å². The minimum atomic E-state index is -0.0549. The summed E-state index contributed by atoms with van der Waals surface area (Å²) in [6.07, 6.45) is 1.60. The first-order valence-electron chi connectivity index (χ1n) is 5.86. The van der Waals surface area contributed by atoms with Crippen molar-refractivity contribution in [2.24, 2.45) is 0 Å². The highest BCUT2D eigenvalue weighted by molar-refractivity contribution is 5.92. The van der Waals surface area contributed by atoms with Crippen molar-refractivity contribution >= 4 is 17.5 Å². The number of aromatic nitrogens is 1. The van der Waals surface area contributed by atoms with Crippen molar-refractivity contribution in [3.8, 4) is 0 Å². The second-order valence-electron chi connectivity index (χ2n) is 4.24. The number of nitrogens with two attached hydrogens (primary N) is 1. The second-order valence-corrected chi connectivity index (χ2v) is 4.24. The van der Waals surface area contributed by atoms with Gasteiger partial charge in [0, 0.05) is 18.4 Å². The van der Waals surface area contributed by atoms with Crippen LogP contribution in [0.4, 0.5) is 5.69 Å². The maximum absolute atomic E-state index is 11.9. The zero-order valence-corrected chi connectivity index (χ0v) is 10.3. The van der Waals surface area contributed by atoms with Crippen molar-refractivity contribution in [3.05, 3.63) is 24.0 Å². The molecule has 1 aliphatic rings. The molecule has 96 valence electrons. The predicted molar refractivity (Wildman–Crippen MR) is 66.3 cm³/mol. The molecule has 2 N–H and O–H groups in total. The second kappa shape index (κ2) is 5.03. The fourth-order valence-electron chi connectivity index (χ4n) is 1.91. The Morgan fingerprint density at radius 2 is 1.94 bits per heavy atom. The van der Waals surface area contributed by atoms with Crippen LogP contribution in [0.1, 0.15) is 12.6 Å². The SMILES string of the molecule is CCN1CC(=O)N(Cc2cc(N)ccn2)CC1=O. The quantitative estimate of drug-likeness (QED) is 0.807. The third kappa shape index (κ3) is 2.58. The summed E-state index contributed by atoms with van der Waals surface area (Å²) in [7, 11) is 0. The van der Waals surface area contributed by atoms with E-state index in [4.69, 9.17) is 5.73 Å². The molecule has 0 atom stereocenters. The van der Waals surface area contributed by atoms with E-state index in [0.717, 1.165) is 0 Å². The molecule has 6 heteroatoms. The number of hydrogen-bond donors (Lipinski definition) is 1. The summed E-state index contributed by atoms with van der Waals surface area (Å²) in [4.78, 5) is 30.8. The van der Waals surface area contributed by atoms with Gasteiger partial charge in [0.25, 0.3) is 0 Å². The van der Waals surface area contributed by atoms with Gasteiger partial charge < -0.3 is 15.5 Å². The van der Waals surface area contributed by atoms with Crippen LogP contribution in [0.5, 0.6) is 0 Å². The van der Waals surface area contributed by atoms with E-state index < -0.39 is 0 Å². The minimum absolute atomic E-state index is 0.0268. The number of anilines is 1. The van der Waals surface area contributed by atoms with Crippen LogP contribution in [0.25, 0.3) is 0 Å². The van der Waals surface area contributed by atoms with E-state index in [1.165, 1.54) is 4.90 Å². The molecule has 1 fully saturated rings. The van der Waals surface area contributed by atoms with Gasteiger partial charge >= 0.3 is 0 Å². The van der Waals surface area contributed by atoms with Crippen molar-refractivity contribution in [1.82, 2.24) is 14.8 Å². The van der Waals surface area contributed by atoms with E-state index in [-0.39, 0.29) is 24.9 Å².